The number of anilines is 1. The van der Waals surface area contributed by atoms with Gasteiger partial charge in [-0.05, 0) is 42.0 Å². The lowest BCUT2D eigenvalue weighted by molar-refractivity contribution is -0.131. The van der Waals surface area contributed by atoms with Gasteiger partial charge in [-0.2, -0.15) is 5.26 Å². The van der Waals surface area contributed by atoms with Crippen molar-refractivity contribution < 1.29 is 24.5 Å². The number of amides is 1. The summed E-state index contributed by atoms with van der Waals surface area (Å²) in [5.41, 5.74) is 1.52. The van der Waals surface area contributed by atoms with E-state index in [4.69, 9.17) is 15.1 Å². The number of rotatable bonds is 6. The third-order valence-electron chi connectivity index (χ3n) is 3.74. The Labute approximate surface area is 156 Å². The fraction of sp³-hybridized carbons (Fsp3) is 0.150. The number of ether oxygens (including phenoxy) is 1. The molecule has 1 amide bonds. The second-order valence-electron chi connectivity index (χ2n) is 5.79. The van der Waals surface area contributed by atoms with E-state index in [0.29, 0.717) is 16.8 Å². The van der Waals surface area contributed by atoms with Crippen LogP contribution in [-0.4, -0.2) is 22.3 Å². The number of carbonyl (C=O) groups excluding carboxylic acids is 1. The van der Waals surface area contributed by atoms with E-state index in [0.717, 1.165) is 6.08 Å². The van der Waals surface area contributed by atoms with Gasteiger partial charge in [0.05, 0.1) is 11.6 Å². The average Bonchev–Trinajstić information content (AvgIpc) is 2.65. The predicted octanol–water partition coefficient (Wildman–Crippen LogP) is 3.83. The molecule has 2 aromatic rings. The van der Waals surface area contributed by atoms with Crippen molar-refractivity contribution in [1.82, 2.24) is 0 Å². The Kier molecular flexibility index (Phi) is 6.55. The van der Waals surface area contributed by atoms with Crippen LogP contribution in [0.1, 0.15) is 24.2 Å². The number of carboxylic acid groups (broad SMARTS) is 1. The van der Waals surface area contributed by atoms with Crippen molar-refractivity contribution in [2.45, 2.75) is 13.0 Å². The minimum Gasteiger partial charge on any atom is -0.508 e. The summed E-state index contributed by atoms with van der Waals surface area (Å²) >= 11 is 0. The number of nitrogens with zero attached hydrogens (tertiary/aromatic N) is 1. The molecule has 7 nitrogen and oxygen atoms in total. The van der Waals surface area contributed by atoms with Crippen LogP contribution in [-0.2, 0) is 9.53 Å². The van der Waals surface area contributed by atoms with Crippen molar-refractivity contribution in [3.63, 3.8) is 0 Å². The number of nitrogens with one attached hydrogen (secondary N) is 1. The molecular weight excluding hydrogens is 348 g/mol. The van der Waals surface area contributed by atoms with Crippen LogP contribution in [0.3, 0.4) is 0 Å². The first kappa shape index (κ1) is 19.5. The highest BCUT2D eigenvalue weighted by molar-refractivity contribution is 5.85. The second-order valence-corrected chi connectivity index (χ2v) is 5.79. The number of benzene rings is 2. The van der Waals surface area contributed by atoms with E-state index < -0.39 is 24.1 Å². The standard InChI is InChI=1S/C20H18N2O5/c1-13(2-11-18(24)25)19(15-5-9-17(23)10-6-15)27-20(26)22-16-7-3-14(12-21)4-8-16/h2-11,13,19,23H,1H3,(H,22,26)(H,24,25)/b11-2+/t13-,19-/m1/s1. The summed E-state index contributed by atoms with van der Waals surface area (Å²) in [6.07, 6.45) is 0.919. The molecule has 2 atom stereocenters. The molecule has 0 unspecified atom stereocenters. The Hall–Kier alpha value is -3.79. The van der Waals surface area contributed by atoms with Crippen LogP contribution in [0.2, 0.25) is 0 Å². The first-order valence-electron chi connectivity index (χ1n) is 8.07. The molecule has 0 aliphatic rings. The maximum absolute atomic E-state index is 12.3. The lowest BCUT2D eigenvalue weighted by atomic mass is 9.96. The van der Waals surface area contributed by atoms with Crippen molar-refractivity contribution in [2.75, 3.05) is 5.32 Å². The summed E-state index contributed by atoms with van der Waals surface area (Å²) in [7, 11) is 0. The Balaban J connectivity index is 2.16. The van der Waals surface area contributed by atoms with Crippen LogP contribution < -0.4 is 5.32 Å². The van der Waals surface area contributed by atoms with Gasteiger partial charge in [-0.25, -0.2) is 9.59 Å². The summed E-state index contributed by atoms with van der Waals surface area (Å²) in [5, 5.41) is 29.6. The number of phenolic OH excluding ortho intramolecular Hbond substituents is 1. The van der Waals surface area contributed by atoms with Crippen LogP contribution in [0.4, 0.5) is 10.5 Å². The Bertz CT molecular complexity index is 867. The number of carboxylic acids is 1. The minimum absolute atomic E-state index is 0.0632. The van der Waals surface area contributed by atoms with Gasteiger partial charge in [-0.3, -0.25) is 5.32 Å². The smallest absolute Gasteiger partial charge is 0.412 e. The zero-order chi connectivity index (χ0) is 19.8. The first-order chi connectivity index (χ1) is 12.9. The molecule has 0 fully saturated rings. The molecule has 0 radical (unpaired) electrons. The Morgan fingerprint density at radius 3 is 2.33 bits per heavy atom. The van der Waals surface area contributed by atoms with Gasteiger partial charge in [0.1, 0.15) is 11.9 Å². The Morgan fingerprint density at radius 2 is 1.78 bits per heavy atom. The van der Waals surface area contributed by atoms with E-state index in [1.165, 1.54) is 18.2 Å². The van der Waals surface area contributed by atoms with Crippen molar-refractivity contribution in [3.8, 4) is 11.8 Å². The molecule has 3 N–H and O–H groups in total. The number of aliphatic carboxylic acids is 1. The summed E-state index contributed by atoms with van der Waals surface area (Å²) in [5.74, 6) is -1.47. The summed E-state index contributed by atoms with van der Waals surface area (Å²) < 4.78 is 5.49. The molecule has 7 heteroatoms. The molecule has 0 saturated heterocycles. The SMILES string of the molecule is C[C@H](/C=C/C(=O)O)[C@@H](OC(=O)Nc1ccc(C#N)cc1)c1ccc(O)cc1. The van der Waals surface area contributed by atoms with Gasteiger partial charge >= 0.3 is 12.1 Å². The maximum Gasteiger partial charge on any atom is 0.412 e. The van der Waals surface area contributed by atoms with Gasteiger partial charge in [-0.15, -0.1) is 0 Å². The van der Waals surface area contributed by atoms with Gasteiger partial charge in [0.25, 0.3) is 0 Å². The summed E-state index contributed by atoms with van der Waals surface area (Å²) in [6, 6.07) is 14.4. The zero-order valence-electron chi connectivity index (χ0n) is 14.5. The third-order valence-corrected chi connectivity index (χ3v) is 3.74. The van der Waals surface area contributed by atoms with E-state index >= 15 is 0 Å². The van der Waals surface area contributed by atoms with Gasteiger partial charge < -0.3 is 14.9 Å². The van der Waals surface area contributed by atoms with Crippen LogP contribution in [0.25, 0.3) is 0 Å². The average molecular weight is 366 g/mol. The molecule has 2 rings (SSSR count). The molecule has 0 spiro atoms. The molecule has 0 heterocycles. The molecule has 27 heavy (non-hydrogen) atoms. The molecule has 0 aromatic heterocycles. The van der Waals surface area contributed by atoms with Crippen LogP contribution >= 0.6 is 0 Å². The highest BCUT2D eigenvalue weighted by Crippen LogP contribution is 2.29. The number of hydrogen-bond donors (Lipinski definition) is 3. The number of phenols is 1. The van der Waals surface area contributed by atoms with Crippen LogP contribution in [0, 0.1) is 17.2 Å². The number of nitriles is 1. The lowest BCUT2D eigenvalue weighted by Crippen LogP contribution is -2.21. The normalized spacial score (nSPS) is 12.7. The quantitative estimate of drug-likeness (QED) is 0.668. The third kappa shape index (κ3) is 5.90. The van der Waals surface area contributed by atoms with Crippen LogP contribution in [0.15, 0.2) is 60.7 Å². The first-order valence-corrected chi connectivity index (χ1v) is 8.07. The second kappa shape index (κ2) is 9.06. The molecule has 138 valence electrons. The molecule has 2 aromatic carbocycles. The van der Waals surface area contributed by atoms with Gasteiger partial charge in [-0.1, -0.05) is 25.1 Å². The fourth-order valence-corrected chi connectivity index (χ4v) is 2.37. The number of carbonyl (C=O) groups is 2. The van der Waals surface area contributed by atoms with Gasteiger partial charge in [0.15, 0.2) is 0 Å². The predicted molar refractivity (Wildman–Crippen MR) is 98.0 cm³/mol. The monoisotopic (exact) mass is 366 g/mol. The highest BCUT2D eigenvalue weighted by atomic mass is 16.6. The van der Waals surface area contributed by atoms with E-state index in [2.05, 4.69) is 5.32 Å². The maximum atomic E-state index is 12.3. The summed E-state index contributed by atoms with van der Waals surface area (Å²) in [4.78, 5) is 23.0. The fourth-order valence-electron chi connectivity index (χ4n) is 2.37. The molecule has 0 bridgehead atoms. The largest absolute Gasteiger partial charge is 0.508 e. The van der Waals surface area contributed by atoms with E-state index in [-0.39, 0.29) is 5.75 Å². The topological polar surface area (TPSA) is 120 Å². The van der Waals surface area contributed by atoms with Crippen molar-refractivity contribution in [2.24, 2.45) is 5.92 Å². The lowest BCUT2D eigenvalue weighted by Gasteiger charge is -2.22. The molecule has 0 saturated carbocycles. The van der Waals surface area contributed by atoms with E-state index in [9.17, 15) is 14.7 Å². The van der Waals surface area contributed by atoms with Gasteiger partial charge in [0, 0.05) is 17.7 Å². The minimum atomic E-state index is -1.10. The molecule has 0 aliphatic carbocycles. The van der Waals surface area contributed by atoms with E-state index in [1.807, 2.05) is 6.07 Å². The molecular formula is C20H18N2O5. The number of aromatic hydroxyl groups is 1. The number of hydrogen-bond acceptors (Lipinski definition) is 5. The zero-order valence-corrected chi connectivity index (χ0v) is 14.5. The highest BCUT2D eigenvalue weighted by Gasteiger charge is 2.22. The van der Waals surface area contributed by atoms with Crippen LogP contribution in [0.5, 0.6) is 5.75 Å². The van der Waals surface area contributed by atoms with E-state index in [1.54, 1.807) is 43.3 Å². The van der Waals surface area contributed by atoms with Crippen molar-refractivity contribution in [3.05, 3.63) is 71.8 Å². The molecule has 0 aliphatic heterocycles. The Morgan fingerprint density at radius 1 is 1.15 bits per heavy atom. The van der Waals surface area contributed by atoms with Crippen molar-refractivity contribution >= 4 is 17.7 Å². The van der Waals surface area contributed by atoms with Crippen molar-refractivity contribution in [1.29, 1.82) is 5.26 Å². The summed E-state index contributed by atoms with van der Waals surface area (Å²) in [6.45, 7) is 1.71. The van der Waals surface area contributed by atoms with Gasteiger partial charge in [0.2, 0.25) is 0 Å².